The zero-order valence-corrected chi connectivity index (χ0v) is 14.6. The molecule has 3 nitrogen and oxygen atoms in total. The second kappa shape index (κ2) is 8.08. The van der Waals surface area contributed by atoms with Crippen molar-refractivity contribution in [2.45, 2.75) is 39.2 Å². The van der Waals surface area contributed by atoms with Gasteiger partial charge in [-0.15, -0.1) is 0 Å². The number of nitrogens with zero attached hydrogens (tertiary/aromatic N) is 1. The van der Waals surface area contributed by atoms with Crippen molar-refractivity contribution in [3.63, 3.8) is 0 Å². The number of pyridine rings is 1. The Bertz CT molecular complexity index is 621. The highest BCUT2D eigenvalue weighted by atomic mass is 79.9. The molecule has 0 spiro atoms. The molecule has 1 aromatic heterocycles. The van der Waals surface area contributed by atoms with Crippen molar-refractivity contribution >= 4 is 27.5 Å². The Kier molecular flexibility index (Phi) is 6.13. The Hall–Kier alpha value is -1.68. The standard InChI is InChI=1S/C18H21BrN2O/c1-3-14(4-2)15-8-10-21(11-9-15)13-18(22)20-17-7-5-6-16(19)12-17/h5-12,14H,3-4,13H2,1-2H3/p+1. The van der Waals surface area contributed by atoms with Crippen molar-refractivity contribution in [2.75, 3.05) is 5.32 Å². The first-order valence-corrected chi connectivity index (χ1v) is 8.46. The van der Waals surface area contributed by atoms with Crippen molar-refractivity contribution in [3.8, 4) is 0 Å². The summed E-state index contributed by atoms with van der Waals surface area (Å²) in [5.41, 5.74) is 2.14. The summed E-state index contributed by atoms with van der Waals surface area (Å²) in [5, 5.41) is 2.90. The van der Waals surface area contributed by atoms with E-state index in [1.165, 1.54) is 5.56 Å². The highest BCUT2D eigenvalue weighted by Gasteiger charge is 2.12. The minimum absolute atomic E-state index is 0.0293. The van der Waals surface area contributed by atoms with Gasteiger partial charge in [0.2, 0.25) is 6.54 Å². The van der Waals surface area contributed by atoms with E-state index in [2.05, 4.69) is 47.2 Å². The third-order valence-corrected chi connectivity index (χ3v) is 4.30. The predicted molar refractivity (Wildman–Crippen MR) is 92.7 cm³/mol. The second-order valence-electron chi connectivity index (χ2n) is 5.38. The fourth-order valence-corrected chi connectivity index (χ4v) is 2.94. The molecule has 116 valence electrons. The van der Waals surface area contributed by atoms with Crippen molar-refractivity contribution in [2.24, 2.45) is 0 Å². The molecule has 0 saturated heterocycles. The molecule has 1 heterocycles. The van der Waals surface area contributed by atoms with Crippen molar-refractivity contribution in [1.82, 2.24) is 0 Å². The van der Waals surface area contributed by atoms with E-state index in [0.29, 0.717) is 12.5 Å². The van der Waals surface area contributed by atoms with E-state index in [4.69, 9.17) is 0 Å². The number of anilines is 1. The van der Waals surface area contributed by atoms with Gasteiger partial charge in [0.15, 0.2) is 12.4 Å². The maximum atomic E-state index is 12.1. The zero-order valence-electron chi connectivity index (χ0n) is 13.1. The van der Waals surface area contributed by atoms with E-state index in [0.717, 1.165) is 23.0 Å². The Morgan fingerprint density at radius 3 is 2.45 bits per heavy atom. The van der Waals surface area contributed by atoms with E-state index in [1.54, 1.807) is 0 Å². The largest absolute Gasteiger partial charge is 0.321 e. The number of carbonyl (C=O) groups is 1. The molecule has 1 N–H and O–H groups in total. The first-order chi connectivity index (χ1) is 10.6. The first kappa shape index (κ1) is 16.7. The van der Waals surface area contributed by atoms with Gasteiger partial charge in [0, 0.05) is 22.3 Å². The lowest BCUT2D eigenvalue weighted by atomic mass is 9.95. The highest BCUT2D eigenvalue weighted by molar-refractivity contribution is 9.10. The molecule has 0 bridgehead atoms. The zero-order chi connectivity index (χ0) is 15.9. The Morgan fingerprint density at radius 1 is 1.18 bits per heavy atom. The molecule has 2 aromatic rings. The molecule has 0 aliphatic carbocycles. The molecular formula is C18H22BrN2O+. The maximum absolute atomic E-state index is 12.1. The number of amides is 1. The number of halogens is 1. The predicted octanol–water partition coefficient (Wildman–Crippen LogP) is 4.28. The summed E-state index contributed by atoms with van der Waals surface area (Å²) in [7, 11) is 0. The number of rotatable bonds is 6. The number of aromatic nitrogens is 1. The van der Waals surface area contributed by atoms with Crippen LogP contribution in [0.15, 0.2) is 53.3 Å². The van der Waals surface area contributed by atoms with Crippen LogP contribution in [0.5, 0.6) is 0 Å². The van der Waals surface area contributed by atoms with Crippen LogP contribution in [0, 0.1) is 0 Å². The van der Waals surface area contributed by atoms with E-state index in [-0.39, 0.29) is 5.91 Å². The normalized spacial score (nSPS) is 10.7. The lowest BCUT2D eigenvalue weighted by Crippen LogP contribution is -2.39. The second-order valence-corrected chi connectivity index (χ2v) is 6.29. The highest BCUT2D eigenvalue weighted by Crippen LogP contribution is 2.21. The van der Waals surface area contributed by atoms with Crippen LogP contribution in [0.4, 0.5) is 5.69 Å². The van der Waals surface area contributed by atoms with Gasteiger partial charge in [0.25, 0.3) is 5.91 Å². The third-order valence-electron chi connectivity index (χ3n) is 3.81. The summed E-state index contributed by atoms with van der Waals surface area (Å²) in [4.78, 5) is 12.1. The van der Waals surface area contributed by atoms with E-state index in [9.17, 15) is 4.79 Å². The fourth-order valence-electron chi connectivity index (χ4n) is 2.54. The molecular weight excluding hydrogens is 340 g/mol. The SMILES string of the molecule is CCC(CC)c1cc[n+](CC(=O)Nc2cccc(Br)c2)cc1. The molecule has 0 radical (unpaired) electrons. The molecule has 2 rings (SSSR count). The molecule has 1 amide bonds. The van der Waals surface area contributed by atoms with Gasteiger partial charge in [-0.2, -0.15) is 4.57 Å². The smallest absolute Gasteiger partial charge is 0.290 e. The Balaban J connectivity index is 1.97. The van der Waals surface area contributed by atoms with Gasteiger partial charge in [-0.05, 0) is 42.5 Å². The summed E-state index contributed by atoms with van der Waals surface area (Å²) in [6.07, 6.45) is 6.25. The molecule has 0 aliphatic heterocycles. The molecule has 22 heavy (non-hydrogen) atoms. The van der Waals surface area contributed by atoms with Crippen molar-refractivity contribution < 1.29 is 9.36 Å². The van der Waals surface area contributed by atoms with Crippen LogP contribution in [0.1, 0.15) is 38.2 Å². The number of carbonyl (C=O) groups excluding carboxylic acids is 1. The van der Waals surface area contributed by atoms with E-state index >= 15 is 0 Å². The molecule has 4 heteroatoms. The van der Waals surface area contributed by atoms with Gasteiger partial charge in [0.05, 0.1) is 0 Å². The summed E-state index contributed by atoms with van der Waals surface area (Å²) in [6.45, 7) is 4.73. The quantitative estimate of drug-likeness (QED) is 0.765. The van der Waals surface area contributed by atoms with Crippen LogP contribution >= 0.6 is 15.9 Å². The van der Waals surface area contributed by atoms with Gasteiger partial charge in [-0.1, -0.05) is 35.8 Å². The lowest BCUT2D eigenvalue weighted by molar-refractivity contribution is -0.684. The van der Waals surface area contributed by atoms with Gasteiger partial charge in [-0.25, -0.2) is 0 Å². The molecule has 1 aromatic carbocycles. The summed E-state index contributed by atoms with van der Waals surface area (Å²) < 4.78 is 2.85. The number of hydrogen-bond acceptors (Lipinski definition) is 1. The van der Waals surface area contributed by atoms with E-state index < -0.39 is 0 Å². The molecule has 0 aliphatic rings. The van der Waals surface area contributed by atoms with Gasteiger partial charge < -0.3 is 5.32 Å². The average molecular weight is 362 g/mol. The Morgan fingerprint density at radius 2 is 1.86 bits per heavy atom. The molecule has 0 unspecified atom stereocenters. The first-order valence-electron chi connectivity index (χ1n) is 7.66. The minimum atomic E-state index is -0.0293. The van der Waals surface area contributed by atoms with Crippen LogP contribution in [0.3, 0.4) is 0 Å². The number of benzene rings is 1. The molecule has 0 saturated carbocycles. The number of nitrogens with one attached hydrogen (secondary N) is 1. The summed E-state index contributed by atoms with van der Waals surface area (Å²) >= 11 is 3.40. The Labute approximate surface area is 140 Å². The van der Waals surface area contributed by atoms with Crippen molar-refractivity contribution in [1.29, 1.82) is 0 Å². The summed E-state index contributed by atoms with van der Waals surface area (Å²) in [5.74, 6) is 0.573. The topological polar surface area (TPSA) is 33.0 Å². The number of hydrogen-bond donors (Lipinski definition) is 1. The van der Waals surface area contributed by atoms with Gasteiger partial charge in [-0.3, -0.25) is 4.79 Å². The molecule has 0 fully saturated rings. The summed E-state index contributed by atoms with van der Waals surface area (Å²) in [6, 6.07) is 11.8. The van der Waals surface area contributed by atoms with E-state index in [1.807, 2.05) is 41.2 Å². The van der Waals surface area contributed by atoms with Crippen LogP contribution in [-0.4, -0.2) is 5.91 Å². The van der Waals surface area contributed by atoms with Crippen LogP contribution in [0.25, 0.3) is 0 Å². The maximum Gasteiger partial charge on any atom is 0.290 e. The fraction of sp³-hybridized carbons (Fsp3) is 0.333. The monoisotopic (exact) mass is 361 g/mol. The van der Waals surface area contributed by atoms with Gasteiger partial charge >= 0.3 is 0 Å². The van der Waals surface area contributed by atoms with Crippen LogP contribution < -0.4 is 9.88 Å². The minimum Gasteiger partial charge on any atom is -0.321 e. The van der Waals surface area contributed by atoms with Crippen molar-refractivity contribution in [3.05, 3.63) is 58.8 Å². The third kappa shape index (κ3) is 4.67. The van der Waals surface area contributed by atoms with Crippen LogP contribution in [-0.2, 0) is 11.3 Å². The van der Waals surface area contributed by atoms with Gasteiger partial charge in [0.1, 0.15) is 0 Å². The van der Waals surface area contributed by atoms with Crippen LogP contribution in [0.2, 0.25) is 0 Å². The average Bonchev–Trinajstić information content (AvgIpc) is 2.50. The molecule has 0 atom stereocenters. The lowest BCUT2D eigenvalue weighted by Gasteiger charge is -2.11.